The Morgan fingerprint density at radius 2 is 1.33 bits per heavy atom. The maximum atomic E-state index is 10.8. The third kappa shape index (κ3) is 1.68. The van der Waals surface area contributed by atoms with Crippen molar-refractivity contribution in [3.05, 3.63) is 69.7 Å². The van der Waals surface area contributed by atoms with Gasteiger partial charge in [-0.3, -0.25) is 4.74 Å². The minimum Gasteiger partial charge on any atom is -0.394 e. The first kappa shape index (κ1) is 18.3. The van der Waals surface area contributed by atoms with E-state index in [1.54, 1.807) is 24.3 Å². The fourth-order valence-corrected chi connectivity index (χ4v) is 6.15. The Bertz CT molecular complexity index is 987. The van der Waals surface area contributed by atoms with Gasteiger partial charge in [-0.25, -0.2) is 0 Å². The molecule has 0 aliphatic carbocycles. The SMILES string of the molecule is OCC12N3C4(c5ccc(Cl)cc5)COC1(COC21COC3(c2ccc(Cl)cc2)O1)O4. The van der Waals surface area contributed by atoms with E-state index in [0.29, 0.717) is 10.0 Å². The molecule has 5 fully saturated rings. The zero-order valence-corrected chi connectivity index (χ0v) is 17.2. The summed E-state index contributed by atoms with van der Waals surface area (Å²) in [5.41, 5.74) is -0.599. The van der Waals surface area contributed by atoms with Crippen molar-refractivity contribution in [2.45, 2.75) is 28.7 Å². The van der Waals surface area contributed by atoms with Crippen molar-refractivity contribution >= 4 is 23.2 Å². The van der Waals surface area contributed by atoms with Crippen LogP contribution in [0.4, 0.5) is 0 Å². The van der Waals surface area contributed by atoms with Gasteiger partial charge < -0.3 is 24.1 Å². The number of aliphatic hydroxyl groups excluding tert-OH is 1. The third-order valence-electron chi connectivity index (χ3n) is 7.12. The summed E-state index contributed by atoms with van der Waals surface area (Å²) < 4.78 is 31.9. The maximum Gasteiger partial charge on any atom is 0.264 e. The van der Waals surface area contributed by atoms with E-state index in [-0.39, 0.29) is 26.4 Å². The maximum absolute atomic E-state index is 10.8. The quantitative estimate of drug-likeness (QED) is 0.771. The van der Waals surface area contributed by atoms with Crippen LogP contribution in [0.5, 0.6) is 0 Å². The van der Waals surface area contributed by atoms with Gasteiger partial charge in [-0.1, -0.05) is 47.5 Å². The van der Waals surface area contributed by atoms with Crippen molar-refractivity contribution < 1.29 is 28.8 Å². The molecular formula is C21H17Cl2NO6. The van der Waals surface area contributed by atoms with E-state index in [9.17, 15) is 5.11 Å². The summed E-state index contributed by atoms with van der Waals surface area (Å²) in [6.45, 7) is 0.191. The van der Waals surface area contributed by atoms with Gasteiger partial charge >= 0.3 is 0 Å². The van der Waals surface area contributed by atoms with Gasteiger partial charge in [0.1, 0.15) is 13.2 Å². The van der Waals surface area contributed by atoms with E-state index in [0.717, 1.165) is 11.1 Å². The number of nitrogens with zero attached hydrogens (tertiary/aromatic N) is 1. The molecule has 5 saturated heterocycles. The van der Waals surface area contributed by atoms with E-state index < -0.39 is 28.7 Å². The molecule has 5 aliphatic heterocycles. The Hall–Kier alpha value is -1.26. The lowest BCUT2D eigenvalue weighted by Crippen LogP contribution is -2.74. The monoisotopic (exact) mass is 449 g/mol. The normalized spacial score (nSPS) is 45.4. The van der Waals surface area contributed by atoms with Gasteiger partial charge in [0, 0.05) is 21.2 Å². The molecule has 5 atom stereocenters. The highest BCUT2D eigenvalue weighted by molar-refractivity contribution is 6.30. The lowest BCUT2D eigenvalue weighted by atomic mass is 9.80. The van der Waals surface area contributed by atoms with Crippen LogP contribution >= 0.6 is 23.2 Å². The minimum atomic E-state index is -1.33. The van der Waals surface area contributed by atoms with Gasteiger partial charge in [-0.05, 0) is 24.3 Å². The van der Waals surface area contributed by atoms with E-state index in [4.69, 9.17) is 46.9 Å². The second-order valence-electron chi connectivity index (χ2n) is 8.31. The Morgan fingerprint density at radius 1 is 0.767 bits per heavy atom. The zero-order valence-electron chi connectivity index (χ0n) is 15.6. The number of hydrogen-bond donors (Lipinski definition) is 1. The van der Waals surface area contributed by atoms with Crippen molar-refractivity contribution in [2.24, 2.45) is 0 Å². The molecule has 7 rings (SSSR count). The van der Waals surface area contributed by atoms with Crippen LogP contribution in [0.25, 0.3) is 0 Å². The van der Waals surface area contributed by atoms with Crippen LogP contribution in [-0.2, 0) is 35.3 Å². The van der Waals surface area contributed by atoms with Crippen LogP contribution in [0.1, 0.15) is 11.1 Å². The van der Waals surface area contributed by atoms with E-state index in [1.807, 2.05) is 29.2 Å². The van der Waals surface area contributed by atoms with Gasteiger partial charge in [0.05, 0.1) is 13.2 Å². The van der Waals surface area contributed by atoms with Gasteiger partial charge in [0.15, 0.2) is 11.3 Å². The largest absolute Gasteiger partial charge is 0.394 e. The first-order valence-corrected chi connectivity index (χ1v) is 10.5. The first-order chi connectivity index (χ1) is 14.5. The molecule has 2 aromatic rings. The predicted octanol–water partition coefficient (Wildman–Crippen LogP) is 2.53. The summed E-state index contributed by atoms with van der Waals surface area (Å²) in [6, 6.07) is 14.7. The summed E-state index contributed by atoms with van der Waals surface area (Å²) in [6.07, 6.45) is 0. The van der Waals surface area contributed by atoms with Crippen molar-refractivity contribution in [1.29, 1.82) is 0 Å². The summed E-state index contributed by atoms with van der Waals surface area (Å²) in [5.74, 6) is -3.74. The summed E-state index contributed by atoms with van der Waals surface area (Å²) in [7, 11) is 0. The molecule has 5 unspecified atom stereocenters. The fourth-order valence-electron chi connectivity index (χ4n) is 5.90. The molecule has 5 heterocycles. The molecular weight excluding hydrogens is 433 g/mol. The Morgan fingerprint density at radius 3 is 2.00 bits per heavy atom. The molecule has 0 radical (unpaired) electrons. The molecule has 7 nitrogen and oxygen atoms in total. The average molecular weight is 450 g/mol. The lowest BCUT2D eigenvalue weighted by Gasteiger charge is -2.51. The summed E-state index contributed by atoms with van der Waals surface area (Å²) >= 11 is 12.3. The Balaban J connectivity index is 1.51. The zero-order chi connectivity index (χ0) is 20.4. The highest BCUT2D eigenvalue weighted by Crippen LogP contribution is 2.75. The van der Waals surface area contributed by atoms with Crippen LogP contribution in [0.2, 0.25) is 10.0 Å². The number of aliphatic hydroxyl groups is 1. The molecule has 5 aliphatic rings. The third-order valence-corrected chi connectivity index (χ3v) is 7.63. The number of rotatable bonds is 3. The van der Waals surface area contributed by atoms with Crippen LogP contribution in [0.15, 0.2) is 48.5 Å². The van der Waals surface area contributed by atoms with E-state index in [2.05, 4.69) is 0 Å². The molecule has 4 bridgehead atoms. The number of hydrogen-bond acceptors (Lipinski definition) is 7. The highest BCUT2D eigenvalue weighted by Gasteiger charge is 2.96. The lowest BCUT2D eigenvalue weighted by molar-refractivity contribution is -0.311. The van der Waals surface area contributed by atoms with E-state index in [1.165, 1.54) is 0 Å². The number of halogens is 2. The van der Waals surface area contributed by atoms with E-state index >= 15 is 0 Å². The van der Waals surface area contributed by atoms with Gasteiger partial charge in [0.25, 0.3) is 5.91 Å². The molecule has 0 saturated carbocycles. The highest BCUT2D eigenvalue weighted by atomic mass is 35.5. The summed E-state index contributed by atoms with van der Waals surface area (Å²) in [5, 5.41) is 12.0. The summed E-state index contributed by atoms with van der Waals surface area (Å²) in [4.78, 5) is 1.97. The number of benzene rings is 2. The predicted molar refractivity (Wildman–Crippen MR) is 103 cm³/mol. The van der Waals surface area contributed by atoms with Crippen molar-refractivity contribution in [2.75, 3.05) is 26.4 Å². The average Bonchev–Trinajstić information content (AvgIpc) is 3.52. The topological polar surface area (TPSA) is 69.6 Å². The smallest absolute Gasteiger partial charge is 0.264 e. The van der Waals surface area contributed by atoms with Crippen molar-refractivity contribution in [3.8, 4) is 0 Å². The molecule has 1 N–H and O–H groups in total. The molecule has 30 heavy (non-hydrogen) atoms. The molecule has 9 heteroatoms. The molecule has 0 aromatic heterocycles. The number of morpholine rings is 1. The van der Waals surface area contributed by atoms with Crippen LogP contribution in [0, 0.1) is 0 Å². The van der Waals surface area contributed by atoms with Gasteiger partial charge in [0.2, 0.25) is 11.6 Å². The number of ether oxygens (including phenoxy) is 5. The van der Waals surface area contributed by atoms with Crippen molar-refractivity contribution in [1.82, 2.24) is 4.90 Å². The standard InChI is InChI=1S/C21H17Cl2NO6/c22-15-5-1-13(2-6-15)17-10-26-19(29-17)11-27-20-12-28-21(30-20,24(17)18(19,20)9-25)14-3-7-16(23)8-4-14/h1-8,25H,9-12H2. The van der Waals surface area contributed by atoms with Gasteiger partial charge in [-0.2, -0.15) is 4.90 Å². The Kier molecular flexibility index (Phi) is 3.28. The fraction of sp³-hybridized carbons (Fsp3) is 0.429. The van der Waals surface area contributed by atoms with Crippen molar-refractivity contribution in [3.63, 3.8) is 0 Å². The molecule has 2 spiro atoms. The Labute approximate surface area is 181 Å². The molecule has 156 valence electrons. The molecule has 2 aromatic carbocycles. The van der Waals surface area contributed by atoms with Gasteiger partial charge in [-0.15, -0.1) is 0 Å². The first-order valence-electron chi connectivity index (χ1n) is 9.72. The van der Waals surface area contributed by atoms with Crippen LogP contribution in [-0.4, -0.2) is 53.5 Å². The minimum absolute atomic E-state index is 0.124. The molecule has 0 amide bonds. The van der Waals surface area contributed by atoms with Crippen LogP contribution in [0.3, 0.4) is 0 Å². The second kappa shape index (κ2) is 5.38. The number of fused-ring (bicyclic) bond motifs is 4. The second-order valence-corrected chi connectivity index (χ2v) is 9.18. The van der Waals surface area contributed by atoms with Crippen LogP contribution < -0.4 is 0 Å².